The molecule has 0 unspecified atom stereocenters. The number of likely N-dealkylation sites (N-methyl/N-ethyl adjacent to an activating group) is 1. The van der Waals surface area contributed by atoms with Crippen LogP contribution in [0.15, 0.2) is 18.2 Å². The van der Waals surface area contributed by atoms with Crippen LogP contribution in [0.25, 0.3) is 0 Å². The quantitative estimate of drug-likeness (QED) is 0.828. The van der Waals surface area contributed by atoms with Gasteiger partial charge < -0.3 is 15.3 Å². The molecule has 0 radical (unpaired) electrons. The number of nitrogens with one attached hydrogen (secondary N) is 1. The van der Waals surface area contributed by atoms with Gasteiger partial charge in [0.25, 0.3) is 0 Å². The molecule has 0 saturated carbocycles. The highest BCUT2D eigenvalue weighted by Gasteiger charge is 2.23. The summed E-state index contributed by atoms with van der Waals surface area (Å²) in [6.45, 7) is 4.11. The maximum atomic E-state index is 11.8. The van der Waals surface area contributed by atoms with Crippen molar-refractivity contribution in [3.63, 3.8) is 0 Å². The van der Waals surface area contributed by atoms with Crippen molar-refractivity contribution in [2.75, 3.05) is 13.1 Å². The largest absolute Gasteiger partial charge is 0.478 e. The molecular formula is C13H16N2O3. The van der Waals surface area contributed by atoms with Gasteiger partial charge in [-0.3, -0.25) is 4.79 Å². The number of rotatable bonds is 4. The minimum Gasteiger partial charge on any atom is -0.478 e. The van der Waals surface area contributed by atoms with Crippen molar-refractivity contribution >= 4 is 11.9 Å². The van der Waals surface area contributed by atoms with E-state index in [4.69, 9.17) is 5.11 Å². The Morgan fingerprint density at radius 1 is 1.33 bits per heavy atom. The highest BCUT2D eigenvalue weighted by Crippen LogP contribution is 2.23. The van der Waals surface area contributed by atoms with Gasteiger partial charge in [0, 0.05) is 13.1 Å². The average molecular weight is 248 g/mol. The van der Waals surface area contributed by atoms with Crippen molar-refractivity contribution in [3.8, 4) is 0 Å². The summed E-state index contributed by atoms with van der Waals surface area (Å²) in [6.07, 6.45) is 0. The van der Waals surface area contributed by atoms with E-state index in [2.05, 4.69) is 5.32 Å². The van der Waals surface area contributed by atoms with Gasteiger partial charge in [0.15, 0.2) is 0 Å². The fraction of sp³-hybridized carbons (Fsp3) is 0.385. The van der Waals surface area contributed by atoms with E-state index in [0.717, 1.165) is 17.7 Å². The SMILES string of the molecule is CCNCC(=O)N1Cc2ccc(C(=O)O)cc2C1. The van der Waals surface area contributed by atoms with Crippen LogP contribution in [0, 0.1) is 0 Å². The van der Waals surface area contributed by atoms with Crippen LogP contribution >= 0.6 is 0 Å². The van der Waals surface area contributed by atoms with Crippen molar-refractivity contribution in [1.29, 1.82) is 0 Å². The molecule has 1 aliphatic rings. The van der Waals surface area contributed by atoms with Crippen LogP contribution in [-0.2, 0) is 17.9 Å². The van der Waals surface area contributed by atoms with E-state index in [0.29, 0.717) is 19.6 Å². The van der Waals surface area contributed by atoms with Crippen LogP contribution in [0.2, 0.25) is 0 Å². The summed E-state index contributed by atoms with van der Waals surface area (Å²) in [5, 5.41) is 11.9. The predicted molar refractivity (Wildman–Crippen MR) is 66.2 cm³/mol. The van der Waals surface area contributed by atoms with Crippen LogP contribution in [0.5, 0.6) is 0 Å². The predicted octanol–water partition coefficient (Wildman–Crippen LogP) is 0.836. The zero-order valence-electron chi connectivity index (χ0n) is 10.3. The molecule has 1 heterocycles. The molecule has 2 N–H and O–H groups in total. The second kappa shape index (κ2) is 5.18. The minimum atomic E-state index is -0.935. The van der Waals surface area contributed by atoms with Crippen LogP contribution in [-0.4, -0.2) is 35.0 Å². The first-order chi connectivity index (χ1) is 8.61. The van der Waals surface area contributed by atoms with E-state index in [1.165, 1.54) is 0 Å². The van der Waals surface area contributed by atoms with Gasteiger partial charge in [-0.05, 0) is 29.8 Å². The van der Waals surface area contributed by atoms with Crippen molar-refractivity contribution in [2.24, 2.45) is 0 Å². The molecule has 0 saturated heterocycles. The van der Waals surface area contributed by atoms with Gasteiger partial charge in [0.05, 0.1) is 12.1 Å². The molecule has 0 spiro atoms. The number of aromatic carboxylic acids is 1. The molecule has 1 amide bonds. The van der Waals surface area contributed by atoms with Crippen LogP contribution in [0.4, 0.5) is 0 Å². The number of carbonyl (C=O) groups excluding carboxylic acids is 1. The number of benzene rings is 1. The summed E-state index contributed by atoms with van der Waals surface area (Å²) in [5.41, 5.74) is 2.24. The number of carboxylic acids is 1. The van der Waals surface area contributed by atoms with E-state index in [-0.39, 0.29) is 11.5 Å². The molecule has 96 valence electrons. The van der Waals surface area contributed by atoms with E-state index in [9.17, 15) is 9.59 Å². The molecule has 2 rings (SSSR count). The maximum absolute atomic E-state index is 11.8. The molecule has 0 atom stereocenters. The lowest BCUT2D eigenvalue weighted by atomic mass is 10.1. The summed E-state index contributed by atoms with van der Waals surface area (Å²) >= 11 is 0. The maximum Gasteiger partial charge on any atom is 0.335 e. The smallest absolute Gasteiger partial charge is 0.335 e. The van der Waals surface area contributed by atoms with Gasteiger partial charge in [-0.25, -0.2) is 4.79 Å². The normalized spacial score (nSPS) is 13.5. The summed E-state index contributed by atoms with van der Waals surface area (Å²) in [4.78, 5) is 24.4. The number of fused-ring (bicyclic) bond motifs is 1. The second-order valence-electron chi connectivity index (χ2n) is 4.32. The van der Waals surface area contributed by atoms with Crippen molar-refractivity contribution in [1.82, 2.24) is 10.2 Å². The molecule has 18 heavy (non-hydrogen) atoms. The van der Waals surface area contributed by atoms with Crippen molar-refractivity contribution in [2.45, 2.75) is 20.0 Å². The molecule has 0 aliphatic carbocycles. The first-order valence-corrected chi connectivity index (χ1v) is 5.95. The number of carboxylic acid groups (broad SMARTS) is 1. The molecule has 0 fully saturated rings. The number of hydrogen-bond acceptors (Lipinski definition) is 3. The number of amides is 1. The van der Waals surface area contributed by atoms with Gasteiger partial charge >= 0.3 is 5.97 Å². The van der Waals surface area contributed by atoms with E-state index in [1.807, 2.05) is 6.92 Å². The Labute approximate surface area is 105 Å². The standard InChI is InChI=1S/C13H16N2O3/c1-2-14-6-12(16)15-7-10-4-3-9(13(17)18)5-11(10)8-15/h3-5,14H,2,6-8H2,1H3,(H,17,18). The zero-order chi connectivity index (χ0) is 13.1. The summed E-state index contributed by atoms with van der Waals surface area (Å²) in [6, 6.07) is 5.02. The number of nitrogens with zero attached hydrogens (tertiary/aromatic N) is 1. The van der Waals surface area contributed by atoms with Gasteiger partial charge in [0.2, 0.25) is 5.91 Å². The fourth-order valence-electron chi connectivity index (χ4n) is 2.05. The van der Waals surface area contributed by atoms with Crippen molar-refractivity contribution in [3.05, 3.63) is 34.9 Å². The number of carbonyl (C=O) groups is 2. The summed E-state index contributed by atoms with van der Waals surface area (Å²) in [7, 11) is 0. The molecule has 1 aromatic rings. The van der Waals surface area contributed by atoms with E-state index in [1.54, 1.807) is 23.1 Å². The third kappa shape index (κ3) is 2.51. The summed E-state index contributed by atoms with van der Waals surface area (Å²) < 4.78 is 0. The lowest BCUT2D eigenvalue weighted by molar-refractivity contribution is -0.130. The van der Waals surface area contributed by atoms with Crippen LogP contribution in [0.3, 0.4) is 0 Å². The molecule has 5 nitrogen and oxygen atoms in total. The Morgan fingerprint density at radius 3 is 2.72 bits per heavy atom. The first-order valence-electron chi connectivity index (χ1n) is 5.95. The Bertz CT molecular complexity index is 485. The lowest BCUT2D eigenvalue weighted by Crippen LogP contribution is -2.34. The molecule has 0 aromatic heterocycles. The summed E-state index contributed by atoms with van der Waals surface area (Å²) in [5.74, 6) is -0.889. The molecular weight excluding hydrogens is 232 g/mol. The second-order valence-corrected chi connectivity index (χ2v) is 4.32. The van der Waals surface area contributed by atoms with Gasteiger partial charge in [-0.1, -0.05) is 13.0 Å². The van der Waals surface area contributed by atoms with Crippen LogP contribution in [0.1, 0.15) is 28.4 Å². The lowest BCUT2D eigenvalue weighted by Gasteiger charge is -2.15. The topological polar surface area (TPSA) is 69.6 Å². The first kappa shape index (κ1) is 12.6. The monoisotopic (exact) mass is 248 g/mol. The van der Waals surface area contributed by atoms with E-state index < -0.39 is 5.97 Å². The van der Waals surface area contributed by atoms with Crippen LogP contribution < -0.4 is 5.32 Å². The van der Waals surface area contributed by atoms with Crippen molar-refractivity contribution < 1.29 is 14.7 Å². The Morgan fingerprint density at radius 2 is 2.06 bits per heavy atom. The van der Waals surface area contributed by atoms with E-state index >= 15 is 0 Å². The highest BCUT2D eigenvalue weighted by atomic mass is 16.4. The fourth-order valence-corrected chi connectivity index (χ4v) is 2.05. The number of hydrogen-bond donors (Lipinski definition) is 2. The van der Waals surface area contributed by atoms with Gasteiger partial charge in [0.1, 0.15) is 0 Å². The van der Waals surface area contributed by atoms with Gasteiger partial charge in [-0.15, -0.1) is 0 Å². The highest BCUT2D eigenvalue weighted by molar-refractivity contribution is 5.88. The molecule has 5 heteroatoms. The Kier molecular flexibility index (Phi) is 3.62. The molecule has 0 bridgehead atoms. The molecule has 1 aliphatic heterocycles. The Hall–Kier alpha value is -1.88. The Balaban J connectivity index is 2.08. The average Bonchev–Trinajstić information content (AvgIpc) is 2.78. The molecule has 1 aromatic carbocycles. The zero-order valence-corrected chi connectivity index (χ0v) is 10.3. The van der Waals surface area contributed by atoms with Gasteiger partial charge in [-0.2, -0.15) is 0 Å². The third-order valence-electron chi connectivity index (χ3n) is 3.05. The minimum absolute atomic E-state index is 0.0462. The third-order valence-corrected chi connectivity index (χ3v) is 3.05.